The van der Waals surface area contributed by atoms with Gasteiger partial charge in [-0.2, -0.15) is 10.2 Å². The standard InChI is InChI=1S/C19H21N9O2/c1-30-12-15-8-22-27-3-2-13(6-17(15)27)10-28-19-18(24-25-28)20-9-16(23-19)14-7-21-26(11-14)4-5-29/h2-3,6-9,11,25,29H,4-5,10,12H2,1H3,(H,20,24). The van der Waals surface area contributed by atoms with Gasteiger partial charge in [0.2, 0.25) is 0 Å². The Morgan fingerprint density at radius 1 is 1.20 bits per heavy atom. The molecule has 1 aliphatic heterocycles. The monoisotopic (exact) mass is 407 g/mol. The van der Waals surface area contributed by atoms with E-state index in [9.17, 15) is 0 Å². The Morgan fingerprint density at radius 3 is 3.00 bits per heavy atom. The van der Waals surface area contributed by atoms with Crippen molar-refractivity contribution in [3.63, 3.8) is 0 Å². The number of anilines is 2. The molecule has 5 rings (SSSR count). The topological polar surface area (TPSA) is 118 Å². The van der Waals surface area contributed by atoms with Crippen LogP contribution in [0.4, 0.5) is 11.6 Å². The van der Waals surface area contributed by atoms with Crippen molar-refractivity contribution in [1.29, 1.82) is 0 Å². The van der Waals surface area contributed by atoms with Crippen LogP contribution in [-0.2, 0) is 24.4 Å². The van der Waals surface area contributed by atoms with Crippen molar-refractivity contribution in [2.24, 2.45) is 0 Å². The highest BCUT2D eigenvalue weighted by molar-refractivity contribution is 5.69. The summed E-state index contributed by atoms with van der Waals surface area (Å²) < 4.78 is 8.78. The van der Waals surface area contributed by atoms with E-state index in [0.29, 0.717) is 37.0 Å². The predicted molar refractivity (Wildman–Crippen MR) is 109 cm³/mol. The lowest BCUT2D eigenvalue weighted by Gasteiger charge is -2.17. The first-order valence-electron chi connectivity index (χ1n) is 9.49. The van der Waals surface area contributed by atoms with Gasteiger partial charge < -0.3 is 9.84 Å². The average molecular weight is 407 g/mol. The van der Waals surface area contributed by atoms with Crippen LogP contribution in [-0.4, -0.2) is 48.2 Å². The molecule has 154 valence electrons. The zero-order valence-electron chi connectivity index (χ0n) is 16.4. The van der Waals surface area contributed by atoms with Crippen molar-refractivity contribution in [2.45, 2.75) is 19.7 Å². The number of nitrogens with zero attached hydrogens (tertiary/aromatic N) is 7. The number of methoxy groups -OCH3 is 1. The number of aliphatic hydroxyl groups excluding tert-OH is 1. The van der Waals surface area contributed by atoms with E-state index in [1.54, 1.807) is 24.2 Å². The molecule has 30 heavy (non-hydrogen) atoms. The molecular weight excluding hydrogens is 386 g/mol. The summed E-state index contributed by atoms with van der Waals surface area (Å²) in [6.45, 7) is 1.57. The Hall–Kier alpha value is -3.54. The van der Waals surface area contributed by atoms with Crippen LogP contribution in [0, 0.1) is 0 Å². The van der Waals surface area contributed by atoms with Crippen LogP contribution < -0.4 is 16.0 Å². The van der Waals surface area contributed by atoms with Gasteiger partial charge in [0, 0.05) is 30.6 Å². The molecule has 0 radical (unpaired) electrons. The Morgan fingerprint density at radius 2 is 2.13 bits per heavy atom. The van der Waals surface area contributed by atoms with E-state index in [4.69, 9.17) is 14.8 Å². The van der Waals surface area contributed by atoms with Crippen molar-refractivity contribution in [1.82, 2.24) is 34.9 Å². The number of nitrogens with one attached hydrogen (secondary N) is 2. The first kappa shape index (κ1) is 18.5. The summed E-state index contributed by atoms with van der Waals surface area (Å²) in [5.74, 6) is 1.36. The number of pyridine rings is 1. The molecule has 0 saturated heterocycles. The summed E-state index contributed by atoms with van der Waals surface area (Å²) in [6.07, 6.45) is 9.02. The molecule has 11 heteroatoms. The molecule has 0 saturated carbocycles. The summed E-state index contributed by atoms with van der Waals surface area (Å²) in [5, 5.41) is 19.6. The van der Waals surface area contributed by atoms with Crippen LogP contribution in [0.15, 0.2) is 43.1 Å². The number of hydrazine groups is 2. The number of fused-ring (bicyclic) bond motifs is 2. The fourth-order valence-electron chi connectivity index (χ4n) is 3.43. The van der Waals surface area contributed by atoms with Gasteiger partial charge in [-0.1, -0.05) is 0 Å². The predicted octanol–water partition coefficient (Wildman–Crippen LogP) is 0.978. The second-order valence-electron chi connectivity index (χ2n) is 6.93. The minimum atomic E-state index is 0.0340. The lowest BCUT2D eigenvalue weighted by Crippen LogP contribution is -2.35. The molecule has 0 aliphatic carbocycles. The van der Waals surface area contributed by atoms with Gasteiger partial charge in [-0.3, -0.25) is 15.1 Å². The van der Waals surface area contributed by atoms with Crippen molar-refractivity contribution in [3.8, 4) is 11.3 Å². The van der Waals surface area contributed by atoms with E-state index < -0.39 is 0 Å². The maximum absolute atomic E-state index is 9.08. The van der Waals surface area contributed by atoms with Crippen molar-refractivity contribution >= 4 is 17.2 Å². The molecule has 4 aromatic rings. The van der Waals surface area contributed by atoms with E-state index in [2.05, 4.69) is 32.2 Å². The summed E-state index contributed by atoms with van der Waals surface area (Å²) >= 11 is 0. The Balaban J connectivity index is 1.41. The van der Waals surface area contributed by atoms with Gasteiger partial charge in [0.05, 0.1) is 56.1 Å². The largest absolute Gasteiger partial charge is 0.394 e. The minimum Gasteiger partial charge on any atom is -0.394 e. The molecule has 5 heterocycles. The van der Waals surface area contributed by atoms with Gasteiger partial charge in [0.25, 0.3) is 0 Å². The molecule has 0 unspecified atom stereocenters. The van der Waals surface area contributed by atoms with Crippen LogP contribution in [0.2, 0.25) is 0 Å². The molecule has 0 spiro atoms. The van der Waals surface area contributed by atoms with E-state index in [0.717, 1.165) is 22.2 Å². The number of ether oxygens (including phenoxy) is 1. The average Bonchev–Trinajstić information content (AvgIpc) is 3.48. The van der Waals surface area contributed by atoms with E-state index in [1.165, 1.54) is 0 Å². The number of aliphatic hydroxyl groups is 1. The van der Waals surface area contributed by atoms with Gasteiger partial charge in [0.1, 0.15) is 0 Å². The lowest BCUT2D eigenvalue weighted by molar-refractivity contribution is 0.186. The second-order valence-corrected chi connectivity index (χ2v) is 6.93. The molecule has 0 atom stereocenters. The van der Waals surface area contributed by atoms with Gasteiger partial charge in [0.15, 0.2) is 11.6 Å². The molecule has 0 aromatic carbocycles. The maximum Gasteiger partial charge on any atom is 0.190 e. The third-order valence-electron chi connectivity index (χ3n) is 4.88. The van der Waals surface area contributed by atoms with Crippen molar-refractivity contribution in [2.75, 3.05) is 24.2 Å². The number of rotatable bonds is 7. The van der Waals surface area contributed by atoms with Gasteiger partial charge in [-0.25, -0.2) is 14.5 Å². The first-order valence-corrected chi connectivity index (χ1v) is 9.49. The maximum atomic E-state index is 9.08. The minimum absolute atomic E-state index is 0.0340. The third kappa shape index (κ3) is 3.34. The lowest BCUT2D eigenvalue weighted by atomic mass is 10.2. The zero-order chi connectivity index (χ0) is 20.5. The van der Waals surface area contributed by atoms with E-state index in [-0.39, 0.29) is 6.61 Å². The summed E-state index contributed by atoms with van der Waals surface area (Å²) in [6, 6.07) is 4.11. The summed E-state index contributed by atoms with van der Waals surface area (Å²) in [4.78, 5) is 9.23. The second kappa shape index (κ2) is 7.71. The van der Waals surface area contributed by atoms with E-state index in [1.807, 2.05) is 34.2 Å². The van der Waals surface area contributed by atoms with E-state index >= 15 is 0 Å². The molecular formula is C19H21N9O2. The van der Waals surface area contributed by atoms with Crippen molar-refractivity contribution in [3.05, 3.63) is 54.2 Å². The molecule has 1 aliphatic rings. The molecule has 0 fully saturated rings. The number of aromatic nitrogens is 6. The normalized spacial score (nSPS) is 13.1. The highest BCUT2D eigenvalue weighted by Gasteiger charge is 2.23. The first-order chi connectivity index (χ1) is 14.7. The van der Waals surface area contributed by atoms with Gasteiger partial charge >= 0.3 is 0 Å². The SMILES string of the molecule is COCc1cnn2ccc(CN3NNc4ncc(-c5cnn(CCO)c5)nc43)cc12. The Labute approximate surface area is 171 Å². The number of hydrogen-bond acceptors (Lipinski definition) is 9. The summed E-state index contributed by atoms with van der Waals surface area (Å²) in [5.41, 5.74) is 10.9. The zero-order valence-corrected chi connectivity index (χ0v) is 16.4. The van der Waals surface area contributed by atoms with Gasteiger partial charge in [-0.15, -0.1) is 5.53 Å². The smallest absolute Gasteiger partial charge is 0.190 e. The fraction of sp³-hybridized carbons (Fsp3) is 0.263. The molecule has 4 aromatic heterocycles. The third-order valence-corrected chi connectivity index (χ3v) is 4.88. The fourth-order valence-corrected chi connectivity index (χ4v) is 3.43. The quantitative estimate of drug-likeness (QED) is 0.412. The highest BCUT2D eigenvalue weighted by atomic mass is 16.5. The van der Waals surface area contributed by atoms with Crippen LogP contribution in [0.25, 0.3) is 16.8 Å². The van der Waals surface area contributed by atoms with Crippen LogP contribution >= 0.6 is 0 Å². The van der Waals surface area contributed by atoms with Crippen LogP contribution in [0.5, 0.6) is 0 Å². The van der Waals surface area contributed by atoms with Crippen LogP contribution in [0.1, 0.15) is 11.1 Å². The highest BCUT2D eigenvalue weighted by Crippen LogP contribution is 2.29. The van der Waals surface area contributed by atoms with Crippen molar-refractivity contribution < 1.29 is 9.84 Å². The number of hydrogen-bond donors (Lipinski definition) is 3. The molecule has 0 amide bonds. The molecule has 0 bridgehead atoms. The summed E-state index contributed by atoms with van der Waals surface area (Å²) in [7, 11) is 1.67. The molecule has 3 N–H and O–H groups in total. The Bertz CT molecular complexity index is 1190. The Kier molecular flexibility index (Phi) is 4.75. The van der Waals surface area contributed by atoms with Gasteiger partial charge in [-0.05, 0) is 17.7 Å². The molecule has 11 nitrogen and oxygen atoms in total. The van der Waals surface area contributed by atoms with Crippen LogP contribution in [0.3, 0.4) is 0 Å².